The molecule has 0 spiro atoms. The van der Waals surface area contributed by atoms with Gasteiger partial charge >= 0.3 is 0 Å². The summed E-state index contributed by atoms with van der Waals surface area (Å²) in [5, 5.41) is 17.4. The van der Waals surface area contributed by atoms with Gasteiger partial charge in [-0.3, -0.25) is 4.79 Å². The van der Waals surface area contributed by atoms with E-state index in [1.807, 2.05) is 0 Å². The molecule has 0 saturated carbocycles. The first-order valence-corrected chi connectivity index (χ1v) is 6.63. The first kappa shape index (κ1) is 14.0. The maximum Gasteiger partial charge on any atom is 0.252 e. The minimum atomic E-state index is -0.528. The van der Waals surface area contributed by atoms with Crippen LogP contribution in [0.1, 0.15) is 21.5 Å². The number of carbonyl (C=O) groups excluding carboxylic acids is 1. The van der Waals surface area contributed by atoms with Crippen molar-refractivity contribution in [2.24, 2.45) is 10.9 Å². The van der Waals surface area contributed by atoms with Gasteiger partial charge in [0.15, 0.2) is 5.84 Å². The first-order chi connectivity index (χ1) is 9.61. The molecule has 0 atom stereocenters. The largest absolute Gasteiger partial charge is 0.409 e. The Bertz CT molecular complexity index is 641. The molecular formula is C13H12FN3O2S. The second kappa shape index (κ2) is 6.16. The van der Waals surface area contributed by atoms with Crippen molar-refractivity contribution in [3.8, 4) is 0 Å². The summed E-state index contributed by atoms with van der Waals surface area (Å²) in [6, 6.07) is 5.85. The van der Waals surface area contributed by atoms with E-state index < -0.39 is 5.82 Å². The van der Waals surface area contributed by atoms with Crippen LogP contribution < -0.4 is 11.1 Å². The van der Waals surface area contributed by atoms with Gasteiger partial charge in [-0.25, -0.2) is 4.39 Å². The van der Waals surface area contributed by atoms with Crippen LogP contribution in [0.25, 0.3) is 0 Å². The van der Waals surface area contributed by atoms with Gasteiger partial charge in [-0.1, -0.05) is 17.3 Å². The molecule has 1 aromatic carbocycles. The van der Waals surface area contributed by atoms with E-state index in [9.17, 15) is 9.18 Å². The van der Waals surface area contributed by atoms with E-state index in [-0.39, 0.29) is 23.9 Å². The van der Waals surface area contributed by atoms with Gasteiger partial charge in [0.05, 0.1) is 0 Å². The lowest BCUT2D eigenvalue weighted by molar-refractivity contribution is 0.0951. The van der Waals surface area contributed by atoms with Crippen LogP contribution >= 0.6 is 11.3 Å². The summed E-state index contributed by atoms with van der Waals surface area (Å²) in [6.07, 6.45) is 0. The van der Waals surface area contributed by atoms with E-state index in [2.05, 4.69) is 10.5 Å². The number of nitrogens with two attached hydrogens (primary N) is 1. The number of amides is 1. The second-order valence-electron chi connectivity index (χ2n) is 3.99. The summed E-state index contributed by atoms with van der Waals surface area (Å²) in [5.74, 6) is -0.955. The normalized spacial score (nSPS) is 11.3. The number of benzene rings is 1. The fourth-order valence-corrected chi connectivity index (χ4v) is 2.21. The topological polar surface area (TPSA) is 87.7 Å². The van der Waals surface area contributed by atoms with Crippen molar-refractivity contribution in [2.75, 3.05) is 0 Å². The summed E-state index contributed by atoms with van der Waals surface area (Å²) < 4.78 is 13.8. The van der Waals surface area contributed by atoms with E-state index in [1.54, 1.807) is 16.8 Å². The zero-order chi connectivity index (χ0) is 14.5. The van der Waals surface area contributed by atoms with E-state index in [0.717, 1.165) is 6.07 Å². The fraction of sp³-hybridized carbons (Fsp3) is 0.0769. The van der Waals surface area contributed by atoms with Gasteiger partial charge in [-0.15, -0.1) is 0 Å². The maximum absolute atomic E-state index is 13.8. The molecule has 0 unspecified atom stereocenters. The maximum atomic E-state index is 13.8. The third-order valence-electron chi connectivity index (χ3n) is 2.68. The van der Waals surface area contributed by atoms with Crippen molar-refractivity contribution < 1.29 is 14.4 Å². The van der Waals surface area contributed by atoms with Crippen LogP contribution in [-0.2, 0) is 6.54 Å². The Labute approximate surface area is 118 Å². The van der Waals surface area contributed by atoms with E-state index in [0.29, 0.717) is 11.1 Å². The second-order valence-corrected chi connectivity index (χ2v) is 4.77. The highest BCUT2D eigenvalue weighted by molar-refractivity contribution is 7.08. The van der Waals surface area contributed by atoms with Crippen LogP contribution in [0.5, 0.6) is 0 Å². The molecule has 4 N–H and O–H groups in total. The summed E-state index contributed by atoms with van der Waals surface area (Å²) in [4.78, 5) is 11.7. The van der Waals surface area contributed by atoms with Crippen molar-refractivity contribution in [1.29, 1.82) is 0 Å². The molecule has 0 saturated heterocycles. The Kier molecular flexibility index (Phi) is 4.31. The number of amidine groups is 1. The summed E-state index contributed by atoms with van der Waals surface area (Å²) in [6.45, 7) is 0.0664. The molecule has 1 aromatic heterocycles. The number of nitrogens with one attached hydrogen (secondary N) is 1. The summed E-state index contributed by atoms with van der Waals surface area (Å²) in [5.41, 5.74) is 6.51. The Hall–Kier alpha value is -2.41. The van der Waals surface area contributed by atoms with Crippen molar-refractivity contribution in [3.63, 3.8) is 0 Å². The van der Waals surface area contributed by atoms with Crippen LogP contribution in [0.4, 0.5) is 4.39 Å². The minimum absolute atomic E-state index is 0.0664. The number of nitrogens with zero attached hydrogens (tertiary/aromatic N) is 1. The Morgan fingerprint density at radius 2 is 2.20 bits per heavy atom. The lowest BCUT2D eigenvalue weighted by Crippen LogP contribution is -2.23. The molecule has 5 nitrogen and oxygen atoms in total. The lowest BCUT2D eigenvalue weighted by Gasteiger charge is -2.07. The third-order valence-corrected chi connectivity index (χ3v) is 3.36. The van der Waals surface area contributed by atoms with Crippen LogP contribution in [-0.4, -0.2) is 17.0 Å². The molecule has 2 rings (SSSR count). The average Bonchev–Trinajstić information content (AvgIpc) is 2.99. The van der Waals surface area contributed by atoms with Gasteiger partial charge in [-0.2, -0.15) is 11.3 Å². The molecule has 2 aromatic rings. The predicted molar refractivity (Wildman–Crippen MR) is 74.4 cm³/mol. The summed E-state index contributed by atoms with van der Waals surface area (Å²) in [7, 11) is 0. The highest BCUT2D eigenvalue weighted by Crippen LogP contribution is 2.11. The number of carbonyl (C=O) groups is 1. The van der Waals surface area contributed by atoms with Gasteiger partial charge in [-0.05, 0) is 17.5 Å². The predicted octanol–water partition coefficient (Wildman–Crippen LogP) is 1.91. The van der Waals surface area contributed by atoms with E-state index in [1.165, 1.54) is 23.5 Å². The molecule has 0 aliphatic heterocycles. The Morgan fingerprint density at radius 1 is 1.40 bits per heavy atom. The zero-order valence-electron chi connectivity index (χ0n) is 10.3. The molecular weight excluding hydrogens is 281 g/mol. The number of oxime groups is 1. The molecule has 0 bridgehead atoms. The van der Waals surface area contributed by atoms with Crippen LogP contribution in [0.2, 0.25) is 0 Å². The van der Waals surface area contributed by atoms with Crippen LogP contribution in [0, 0.1) is 5.82 Å². The van der Waals surface area contributed by atoms with Crippen LogP contribution in [0.15, 0.2) is 40.2 Å². The van der Waals surface area contributed by atoms with Crippen LogP contribution in [0.3, 0.4) is 0 Å². The van der Waals surface area contributed by atoms with Gasteiger partial charge in [0, 0.05) is 28.6 Å². The molecule has 20 heavy (non-hydrogen) atoms. The van der Waals surface area contributed by atoms with E-state index >= 15 is 0 Å². The van der Waals surface area contributed by atoms with Crippen molar-refractivity contribution >= 4 is 23.1 Å². The molecule has 1 heterocycles. The average molecular weight is 293 g/mol. The number of hydrogen-bond donors (Lipinski definition) is 3. The Morgan fingerprint density at radius 3 is 2.80 bits per heavy atom. The van der Waals surface area contributed by atoms with E-state index in [4.69, 9.17) is 10.9 Å². The van der Waals surface area contributed by atoms with Gasteiger partial charge < -0.3 is 16.3 Å². The highest BCUT2D eigenvalue weighted by Gasteiger charge is 2.09. The van der Waals surface area contributed by atoms with Gasteiger partial charge in [0.1, 0.15) is 5.82 Å². The molecule has 0 aliphatic carbocycles. The number of halogens is 1. The molecule has 7 heteroatoms. The monoisotopic (exact) mass is 293 g/mol. The van der Waals surface area contributed by atoms with Crippen molar-refractivity contribution in [2.45, 2.75) is 6.54 Å². The number of thiophene rings is 1. The molecule has 0 fully saturated rings. The number of rotatable bonds is 4. The SMILES string of the molecule is NC(=NO)c1ccc(CNC(=O)c2ccsc2)c(F)c1. The molecule has 0 radical (unpaired) electrons. The summed E-state index contributed by atoms with van der Waals surface area (Å²) >= 11 is 1.41. The quantitative estimate of drug-likeness (QED) is 0.348. The lowest BCUT2D eigenvalue weighted by atomic mass is 10.1. The molecule has 0 aliphatic rings. The number of hydrogen-bond acceptors (Lipinski definition) is 4. The zero-order valence-corrected chi connectivity index (χ0v) is 11.2. The highest BCUT2D eigenvalue weighted by atomic mass is 32.1. The van der Waals surface area contributed by atoms with Crippen molar-refractivity contribution in [3.05, 3.63) is 57.5 Å². The van der Waals surface area contributed by atoms with Crippen molar-refractivity contribution in [1.82, 2.24) is 5.32 Å². The standard InChI is InChI=1S/C13H12FN3O2S/c14-11-5-8(12(15)17-19)1-2-9(11)6-16-13(18)10-3-4-20-7-10/h1-5,7,19H,6H2,(H2,15,17)(H,16,18). The Balaban J connectivity index is 2.05. The molecule has 104 valence electrons. The minimum Gasteiger partial charge on any atom is -0.409 e. The van der Waals surface area contributed by atoms with Gasteiger partial charge in [0.25, 0.3) is 5.91 Å². The smallest absolute Gasteiger partial charge is 0.252 e. The first-order valence-electron chi connectivity index (χ1n) is 5.68. The fourth-order valence-electron chi connectivity index (χ4n) is 1.58. The van der Waals surface area contributed by atoms with Gasteiger partial charge in [0.2, 0.25) is 0 Å². The molecule has 1 amide bonds. The third kappa shape index (κ3) is 3.12.